The molecular weight excluding hydrogens is 206 g/mol. The standard InChI is InChI=1S/C12H19NO3/c1-4-15-12(14)8-9(2)13-10(3)11-6-5-7-16-11/h5-7,9-10,13H,4,8H2,1-3H3/t9?,10-/m0/s1. The number of ether oxygens (including phenoxy) is 1. The Morgan fingerprint density at radius 3 is 2.88 bits per heavy atom. The summed E-state index contributed by atoms with van der Waals surface area (Å²) in [6, 6.07) is 3.93. The zero-order valence-electron chi connectivity index (χ0n) is 10.0. The maximum absolute atomic E-state index is 11.2. The molecule has 0 radical (unpaired) electrons. The minimum atomic E-state index is -0.172. The van der Waals surface area contributed by atoms with Crippen molar-refractivity contribution >= 4 is 5.97 Å². The molecule has 0 saturated carbocycles. The highest BCUT2D eigenvalue weighted by Gasteiger charge is 2.14. The Hall–Kier alpha value is -1.29. The second kappa shape index (κ2) is 6.33. The highest BCUT2D eigenvalue weighted by atomic mass is 16.5. The molecule has 1 rings (SSSR count). The van der Waals surface area contributed by atoms with Crippen molar-refractivity contribution in [3.63, 3.8) is 0 Å². The molecule has 4 nitrogen and oxygen atoms in total. The molecule has 1 aromatic heterocycles. The van der Waals surface area contributed by atoms with E-state index < -0.39 is 0 Å². The van der Waals surface area contributed by atoms with Crippen LogP contribution in [0.3, 0.4) is 0 Å². The third-order valence-corrected chi connectivity index (χ3v) is 2.28. The Kier molecular flexibility index (Phi) is 5.05. The summed E-state index contributed by atoms with van der Waals surface area (Å²) in [5.74, 6) is 0.699. The molecule has 1 heterocycles. The fourth-order valence-corrected chi connectivity index (χ4v) is 1.58. The van der Waals surface area contributed by atoms with E-state index in [9.17, 15) is 4.79 Å². The van der Waals surface area contributed by atoms with Crippen LogP contribution in [0.5, 0.6) is 0 Å². The lowest BCUT2D eigenvalue weighted by Gasteiger charge is -2.17. The summed E-state index contributed by atoms with van der Waals surface area (Å²) in [7, 11) is 0. The number of hydrogen-bond donors (Lipinski definition) is 1. The summed E-state index contributed by atoms with van der Waals surface area (Å²) < 4.78 is 10.2. The van der Waals surface area contributed by atoms with Gasteiger partial charge in [0.25, 0.3) is 0 Å². The first kappa shape index (κ1) is 12.8. The van der Waals surface area contributed by atoms with Crippen LogP contribution < -0.4 is 5.32 Å². The van der Waals surface area contributed by atoms with Crippen LogP contribution in [0.15, 0.2) is 22.8 Å². The number of esters is 1. The Bertz CT molecular complexity index is 308. The molecule has 0 spiro atoms. The number of rotatable bonds is 6. The fourth-order valence-electron chi connectivity index (χ4n) is 1.58. The highest BCUT2D eigenvalue weighted by molar-refractivity contribution is 5.70. The van der Waals surface area contributed by atoms with Crippen LogP contribution in [0.4, 0.5) is 0 Å². The summed E-state index contributed by atoms with van der Waals surface area (Å²) in [5.41, 5.74) is 0. The lowest BCUT2D eigenvalue weighted by atomic mass is 10.2. The van der Waals surface area contributed by atoms with E-state index >= 15 is 0 Å². The molecule has 0 aliphatic rings. The number of hydrogen-bond acceptors (Lipinski definition) is 4. The van der Waals surface area contributed by atoms with Crippen molar-refractivity contribution < 1.29 is 13.9 Å². The van der Waals surface area contributed by atoms with Crippen molar-refractivity contribution in [2.75, 3.05) is 6.61 Å². The minimum Gasteiger partial charge on any atom is -0.468 e. The molecule has 0 saturated heterocycles. The average Bonchev–Trinajstić information content (AvgIpc) is 2.69. The molecule has 90 valence electrons. The molecule has 0 fully saturated rings. The number of carbonyl (C=O) groups is 1. The van der Waals surface area contributed by atoms with E-state index in [0.29, 0.717) is 13.0 Å². The van der Waals surface area contributed by atoms with Crippen LogP contribution in [-0.2, 0) is 9.53 Å². The topological polar surface area (TPSA) is 51.5 Å². The van der Waals surface area contributed by atoms with Gasteiger partial charge in [0.05, 0.1) is 25.3 Å². The molecule has 16 heavy (non-hydrogen) atoms. The second-order valence-electron chi connectivity index (χ2n) is 3.81. The first-order valence-corrected chi connectivity index (χ1v) is 5.58. The largest absolute Gasteiger partial charge is 0.468 e. The van der Waals surface area contributed by atoms with Gasteiger partial charge in [0.15, 0.2) is 0 Å². The first-order chi connectivity index (χ1) is 7.63. The van der Waals surface area contributed by atoms with Gasteiger partial charge in [0.2, 0.25) is 0 Å². The summed E-state index contributed by atoms with van der Waals surface area (Å²) in [6.45, 7) is 6.19. The zero-order chi connectivity index (χ0) is 12.0. The number of carbonyl (C=O) groups excluding carboxylic acids is 1. The Balaban J connectivity index is 2.34. The smallest absolute Gasteiger partial charge is 0.307 e. The van der Waals surface area contributed by atoms with E-state index in [1.165, 1.54) is 0 Å². The maximum Gasteiger partial charge on any atom is 0.307 e. The molecule has 0 aliphatic carbocycles. The van der Waals surface area contributed by atoms with E-state index in [-0.39, 0.29) is 18.1 Å². The maximum atomic E-state index is 11.2. The summed E-state index contributed by atoms with van der Waals surface area (Å²) in [6.07, 6.45) is 2.02. The summed E-state index contributed by atoms with van der Waals surface area (Å²) in [4.78, 5) is 11.2. The lowest BCUT2D eigenvalue weighted by molar-refractivity contribution is -0.143. The molecule has 4 heteroatoms. The van der Waals surface area contributed by atoms with Gasteiger partial charge in [-0.25, -0.2) is 0 Å². The SMILES string of the molecule is CCOC(=O)CC(C)N[C@@H](C)c1ccco1. The third kappa shape index (κ3) is 4.06. The van der Waals surface area contributed by atoms with Gasteiger partial charge in [-0.3, -0.25) is 4.79 Å². The van der Waals surface area contributed by atoms with Gasteiger partial charge >= 0.3 is 5.97 Å². The molecule has 1 N–H and O–H groups in total. The van der Waals surface area contributed by atoms with Crippen molar-refractivity contribution in [2.45, 2.75) is 39.3 Å². The second-order valence-corrected chi connectivity index (χ2v) is 3.81. The van der Waals surface area contributed by atoms with Gasteiger partial charge in [-0.2, -0.15) is 0 Å². The van der Waals surface area contributed by atoms with E-state index in [1.807, 2.05) is 32.9 Å². The molecule has 1 aromatic rings. The van der Waals surface area contributed by atoms with E-state index in [0.717, 1.165) is 5.76 Å². The van der Waals surface area contributed by atoms with Gasteiger partial charge < -0.3 is 14.5 Å². The van der Waals surface area contributed by atoms with Crippen molar-refractivity contribution in [1.82, 2.24) is 5.32 Å². The van der Waals surface area contributed by atoms with Gasteiger partial charge in [0, 0.05) is 6.04 Å². The van der Waals surface area contributed by atoms with Crippen molar-refractivity contribution in [2.24, 2.45) is 0 Å². The van der Waals surface area contributed by atoms with Crippen LogP contribution in [0, 0.1) is 0 Å². The van der Waals surface area contributed by atoms with Crippen molar-refractivity contribution in [3.05, 3.63) is 24.2 Å². The zero-order valence-corrected chi connectivity index (χ0v) is 10.0. The monoisotopic (exact) mass is 225 g/mol. The molecule has 0 aliphatic heterocycles. The quantitative estimate of drug-likeness (QED) is 0.754. The lowest BCUT2D eigenvalue weighted by Crippen LogP contribution is -2.31. The van der Waals surface area contributed by atoms with Crippen LogP contribution in [0.2, 0.25) is 0 Å². The Labute approximate surface area is 96.0 Å². The predicted molar refractivity (Wildman–Crippen MR) is 61.0 cm³/mol. The van der Waals surface area contributed by atoms with E-state index in [2.05, 4.69) is 5.32 Å². The van der Waals surface area contributed by atoms with Crippen molar-refractivity contribution in [1.29, 1.82) is 0 Å². The molecule has 1 unspecified atom stereocenters. The Morgan fingerprint density at radius 2 is 2.31 bits per heavy atom. The van der Waals surface area contributed by atoms with Crippen molar-refractivity contribution in [3.8, 4) is 0 Å². The van der Waals surface area contributed by atoms with Crippen LogP contribution in [0.25, 0.3) is 0 Å². The summed E-state index contributed by atoms with van der Waals surface area (Å²) >= 11 is 0. The molecule has 0 aromatic carbocycles. The van der Waals surface area contributed by atoms with Gasteiger partial charge in [-0.05, 0) is 32.9 Å². The normalized spacial score (nSPS) is 14.4. The average molecular weight is 225 g/mol. The van der Waals surface area contributed by atoms with Gasteiger partial charge in [-0.15, -0.1) is 0 Å². The number of furan rings is 1. The minimum absolute atomic E-state index is 0.0687. The highest BCUT2D eigenvalue weighted by Crippen LogP contribution is 2.13. The van der Waals surface area contributed by atoms with E-state index in [4.69, 9.17) is 9.15 Å². The molecular formula is C12H19NO3. The van der Waals surface area contributed by atoms with Crippen LogP contribution in [-0.4, -0.2) is 18.6 Å². The van der Waals surface area contributed by atoms with Gasteiger partial charge in [0.1, 0.15) is 5.76 Å². The third-order valence-electron chi connectivity index (χ3n) is 2.28. The predicted octanol–water partition coefficient (Wildman–Crippen LogP) is 2.27. The molecule has 0 amide bonds. The van der Waals surface area contributed by atoms with E-state index in [1.54, 1.807) is 6.26 Å². The van der Waals surface area contributed by atoms with Crippen LogP contribution >= 0.6 is 0 Å². The van der Waals surface area contributed by atoms with Gasteiger partial charge in [-0.1, -0.05) is 0 Å². The Morgan fingerprint density at radius 1 is 1.56 bits per heavy atom. The van der Waals surface area contributed by atoms with Crippen LogP contribution in [0.1, 0.15) is 39.0 Å². The fraction of sp³-hybridized carbons (Fsp3) is 0.583. The molecule has 2 atom stereocenters. The molecule has 0 bridgehead atoms. The first-order valence-electron chi connectivity index (χ1n) is 5.58. The summed E-state index contributed by atoms with van der Waals surface area (Å²) in [5, 5.41) is 3.28. The number of nitrogens with one attached hydrogen (secondary N) is 1.